The molecule has 1 heterocycles. The number of hydrogen-bond donors (Lipinski definition) is 0. The number of hydrogen-bond acceptors (Lipinski definition) is 2. The van der Waals surface area contributed by atoms with Crippen molar-refractivity contribution in [2.45, 2.75) is 0 Å². The molecule has 0 aliphatic heterocycles. The number of carbonyl (C=O) groups is 1. The van der Waals surface area contributed by atoms with Crippen LogP contribution in [0.3, 0.4) is 0 Å². The van der Waals surface area contributed by atoms with Crippen molar-refractivity contribution < 1.29 is 13.9 Å². The fourth-order valence-corrected chi connectivity index (χ4v) is 2.48. The van der Waals surface area contributed by atoms with Gasteiger partial charge in [0.2, 0.25) is 0 Å². The normalized spacial score (nSPS) is 10.8. The van der Waals surface area contributed by atoms with Crippen LogP contribution in [0.1, 0.15) is 15.9 Å². The third-order valence-corrected chi connectivity index (χ3v) is 3.55. The monoisotopic (exact) mass is 283 g/mol. The molecule has 2 aromatic carbocycles. The van der Waals surface area contributed by atoms with E-state index in [0.29, 0.717) is 11.1 Å². The summed E-state index contributed by atoms with van der Waals surface area (Å²) in [6.07, 6.45) is 1.79. The maximum Gasteiger partial charge on any atom is 0.195 e. The smallest absolute Gasteiger partial charge is 0.195 e. The first-order valence-electron chi connectivity index (χ1n) is 6.54. The van der Waals surface area contributed by atoms with Crippen LogP contribution in [-0.2, 0) is 7.05 Å². The van der Waals surface area contributed by atoms with Gasteiger partial charge in [0.05, 0.1) is 7.11 Å². The van der Waals surface area contributed by atoms with Crippen LogP contribution in [-0.4, -0.2) is 17.5 Å². The van der Waals surface area contributed by atoms with Gasteiger partial charge < -0.3 is 9.30 Å². The molecule has 0 amide bonds. The van der Waals surface area contributed by atoms with Gasteiger partial charge in [0.25, 0.3) is 0 Å². The van der Waals surface area contributed by atoms with E-state index in [4.69, 9.17) is 4.74 Å². The molecule has 0 aliphatic rings. The van der Waals surface area contributed by atoms with Crippen molar-refractivity contribution >= 4 is 16.7 Å². The largest absolute Gasteiger partial charge is 0.494 e. The van der Waals surface area contributed by atoms with Gasteiger partial charge in [-0.05, 0) is 24.3 Å². The Morgan fingerprint density at radius 2 is 1.95 bits per heavy atom. The minimum Gasteiger partial charge on any atom is -0.494 e. The summed E-state index contributed by atoms with van der Waals surface area (Å²) in [4.78, 5) is 12.7. The Morgan fingerprint density at radius 1 is 1.19 bits per heavy atom. The van der Waals surface area contributed by atoms with Crippen LogP contribution in [0.5, 0.6) is 5.75 Å². The van der Waals surface area contributed by atoms with Crippen LogP contribution in [0, 0.1) is 5.82 Å². The topological polar surface area (TPSA) is 31.2 Å². The molecule has 0 spiro atoms. The summed E-state index contributed by atoms with van der Waals surface area (Å²) >= 11 is 0. The van der Waals surface area contributed by atoms with Gasteiger partial charge in [-0.2, -0.15) is 0 Å². The molecule has 0 fully saturated rings. The molecule has 4 heteroatoms. The lowest BCUT2D eigenvalue weighted by molar-refractivity contribution is 0.103. The lowest BCUT2D eigenvalue weighted by Crippen LogP contribution is -2.02. The van der Waals surface area contributed by atoms with E-state index >= 15 is 0 Å². The fourth-order valence-electron chi connectivity index (χ4n) is 2.48. The molecule has 0 saturated heterocycles. The van der Waals surface area contributed by atoms with E-state index in [-0.39, 0.29) is 11.5 Å². The molecule has 0 aliphatic carbocycles. The number of benzene rings is 2. The number of rotatable bonds is 3. The number of aryl methyl sites for hydroxylation is 1. The minimum absolute atomic E-state index is 0.0705. The second-order valence-corrected chi connectivity index (χ2v) is 4.85. The first kappa shape index (κ1) is 13.4. The molecule has 0 unspecified atom stereocenters. The SMILES string of the molecule is COc1cc(C(=O)c2cn(C)c3ccccc23)ccc1F. The Kier molecular flexibility index (Phi) is 3.22. The Balaban J connectivity index is 2.13. The van der Waals surface area contributed by atoms with Crippen molar-refractivity contribution in [1.82, 2.24) is 4.57 Å². The third-order valence-electron chi connectivity index (χ3n) is 3.55. The maximum atomic E-state index is 13.5. The number of para-hydroxylation sites is 1. The van der Waals surface area contributed by atoms with Crippen molar-refractivity contribution in [3.05, 3.63) is 65.6 Å². The number of carbonyl (C=O) groups excluding carboxylic acids is 1. The molecule has 0 bridgehead atoms. The van der Waals surface area contributed by atoms with Gasteiger partial charge >= 0.3 is 0 Å². The number of methoxy groups -OCH3 is 1. The summed E-state index contributed by atoms with van der Waals surface area (Å²) in [7, 11) is 3.27. The van der Waals surface area contributed by atoms with Crippen LogP contribution >= 0.6 is 0 Å². The summed E-state index contributed by atoms with van der Waals surface area (Å²) in [6, 6.07) is 11.8. The van der Waals surface area contributed by atoms with E-state index in [1.807, 2.05) is 35.9 Å². The predicted octanol–water partition coefficient (Wildman–Crippen LogP) is 3.56. The third kappa shape index (κ3) is 2.18. The quantitative estimate of drug-likeness (QED) is 0.688. The lowest BCUT2D eigenvalue weighted by Gasteiger charge is -2.04. The highest BCUT2D eigenvalue weighted by Crippen LogP contribution is 2.25. The lowest BCUT2D eigenvalue weighted by atomic mass is 10.0. The Labute approximate surface area is 121 Å². The van der Waals surface area contributed by atoms with Crippen LogP contribution in [0.2, 0.25) is 0 Å². The molecule has 106 valence electrons. The highest BCUT2D eigenvalue weighted by atomic mass is 19.1. The van der Waals surface area contributed by atoms with Gasteiger partial charge in [0.15, 0.2) is 17.3 Å². The Bertz CT molecular complexity index is 836. The number of halogens is 1. The number of aromatic nitrogens is 1. The first-order valence-corrected chi connectivity index (χ1v) is 6.54. The average Bonchev–Trinajstić information content (AvgIpc) is 2.85. The zero-order valence-corrected chi connectivity index (χ0v) is 11.8. The van der Waals surface area contributed by atoms with Crippen molar-refractivity contribution in [2.24, 2.45) is 7.05 Å². The van der Waals surface area contributed by atoms with Crippen molar-refractivity contribution in [3.8, 4) is 5.75 Å². The van der Waals surface area contributed by atoms with Gasteiger partial charge in [-0.1, -0.05) is 18.2 Å². The standard InChI is InChI=1S/C17H14FNO2/c1-19-10-13(12-5-3-4-6-15(12)19)17(20)11-7-8-14(18)16(9-11)21-2/h3-10H,1-2H3. The van der Waals surface area contributed by atoms with Gasteiger partial charge in [0.1, 0.15) is 0 Å². The van der Waals surface area contributed by atoms with Crippen molar-refractivity contribution in [2.75, 3.05) is 7.11 Å². The zero-order valence-electron chi connectivity index (χ0n) is 11.8. The molecule has 3 aromatic rings. The van der Waals surface area contributed by atoms with Crippen LogP contribution in [0.4, 0.5) is 4.39 Å². The number of ether oxygens (including phenoxy) is 1. The second-order valence-electron chi connectivity index (χ2n) is 4.85. The van der Waals surface area contributed by atoms with Gasteiger partial charge in [0, 0.05) is 35.3 Å². The van der Waals surface area contributed by atoms with Gasteiger partial charge in [-0.15, -0.1) is 0 Å². The highest BCUT2D eigenvalue weighted by Gasteiger charge is 2.17. The van der Waals surface area contributed by atoms with E-state index in [9.17, 15) is 9.18 Å². The summed E-state index contributed by atoms with van der Waals surface area (Å²) in [5.74, 6) is -0.557. The average molecular weight is 283 g/mol. The minimum atomic E-state index is -0.480. The Morgan fingerprint density at radius 3 is 2.71 bits per heavy atom. The number of fused-ring (bicyclic) bond motifs is 1. The molecule has 21 heavy (non-hydrogen) atoms. The molecule has 0 radical (unpaired) electrons. The van der Waals surface area contributed by atoms with E-state index in [0.717, 1.165) is 10.9 Å². The van der Waals surface area contributed by atoms with Crippen LogP contribution < -0.4 is 4.74 Å². The molecule has 0 saturated carbocycles. The summed E-state index contributed by atoms with van der Waals surface area (Å²) in [6.45, 7) is 0. The molecule has 1 aromatic heterocycles. The van der Waals surface area contributed by atoms with E-state index < -0.39 is 5.82 Å². The summed E-state index contributed by atoms with van der Waals surface area (Å²) < 4.78 is 20.3. The number of ketones is 1. The Hall–Kier alpha value is -2.62. The molecule has 3 nitrogen and oxygen atoms in total. The van der Waals surface area contributed by atoms with Crippen molar-refractivity contribution in [3.63, 3.8) is 0 Å². The molecule has 0 atom stereocenters. The van der Waals surface area contributed by atoms with Crippen molar-refractivity contribution in [1.29, 1.82) is 0 Å². The molecule has 0 N–H and O–H groups in total. The van der Waals surface area contributed by atoms with Gasteiger partial charge in [-0.25, -0.2) is 4.39 Å². The summed E-state index contributed by atoms with van der Waals surface area (Å²) in [5, 5.41) is 0.883. The maximum absolute atomic E-state index is 13.5. The highest BCUT2D eigenvalue weighted by molar-refractivity contribution is 6.16. The predicted molar refractivity (Wildman–Crippen MR) is 79.3 cm³/mol. The van der Waals surface area contributed by atoms with Crippen LogP contribution in [0.25, 0.3) is 10.9 Å². The van der Waals surface area contributed by atoms with Crippen LogP contribution in [0.15, 0.2) is 48.7 Å². The van der Waals surface area contributed by atoms with E-state index in [1.54, 1.807) is 6.20 Å². The van der Waals surface area contributed by atoms with Gasteiger partial charge in [-0.3, -0.25) is 4.79 Å². The molecule has 3 rings (SSSR count). The van der Waals surface area contributed by atoms with E-state index in [2.05, 4.69) is 0 Å². The first-order chi connectivity index (χ1) is 10.1. The van der Waals surface area contributed by atoms with E-state index in [1.165, 1.54) is 25.3 Å². The molecular formula is C17H14FNO2. The zero-order chi connectivity index (χ0) is 15.0. The summed E-state index contributed by atoms with van der Waals surface area (Å²) in [5.41, 5.74) is 1.99. The molecular weight excluding hydrogens is 269 g/mol. The second kappa shape index (κ2) is 5.05. The fraction of sp³-hybridized carbons (Fsp3) is 0.118. The number of nitrogens with zero attached hydrogens (tertiary/aromatic N) is 1.